The van der Waals surface area contributed by atoms with Crippen molar-refractivity contribution in [1.82, 2.24) is 20.8 Å². The van der Waals surface area contributed by atoms with Gasteiger partial charge >= 0.3 is 34.8 Å². The largest absolute Gasteiger partial charge is 0.481 e. The number of hydrogen-bond donors (Lipinski definition) is 7. The van der Waals surface area contributed by atoms with E-state index in [4.69, 9.17) is 50.1 Å². The van der Waals surface area contributed by atoms with E-state index in [-0.39, 0.29) is 89.3 Å². The van der Waals surface area contributed by atoms with Crippen LogP contribution in [-0.2, 0) is 72.4 Å². The Kier molecular flexibility index (Phi) is 50.3. The molecule has 0 unspecified atom stereocenters. The van der Waals surface area contributed by atoms with Crippen LogP contribution in [0.5, 0.6) is 0 Å². The summed E-state index contributed by atoms with van der Waals surface area (Å²) in [5.74, 6) is 61.1. The van der Waals surface area contributed by atoms with Gasteiger partial charge in [0.25, 0.3) is 23.6 Å². The lowest BCUT2D eigenvalue weighted by atomic mass is 10.1. The zero-order chi connectivity index (χ0) is 83.6. The van der Waals surface area contributed by atoms with Crippen LogP contribution in [0, 0.1) is 142 Å². The molecule has 582 valence electrons. The second kappa shape index (κ2) is 61.2. The Hall–Kier alpha value is -14.6. The zero-order valence-corrected chi connectivity index (χ0v) is 63.5. The normalized spacial score (nSPS) is 10.8. The van der Waals surface area contributed by atoms with Crippen molar-refractivity contribution in [1.29, 1.82) is 0 Å². The quantitative estimate of drug-likeness (QED) is 0.0147. The highest BCUT2D eigenvalue weighted by Crippen LogP contribution is 2.14. The fraction of sp³-hybridized carbons (Fsp3) is 0.222. The van der Waals surface area contributed by atoms with E-state index in [1.54, 1.807) is 48.5 Å². The van der Waals surface area contributed by atoms with E-state index in [2.05, 4.69) is 176 Å². The van der Waals surface area contributed by atoms with Gasteiger partial charge < -0.3 is 50.7 Å². The Bertz CT molecular complexity index is 5020. The molecular weight excluding hydrogens is 1510 g/mol. The molecule has 0 saturated carbocycles. The first-order valence-electron chi connectivity index (χ1n) is 34.8. The van der Waals surface area contributed by atoms with Gasteiger partial charge in [-0.05, 0) is 258 Å². The molecule has 3 saturated heterocycles. The molecule has 8 N–H and O–H groups in total. The molecule has 3 heterocycles. The van der Waals surface area contributed by atoms with Crippen molar-refractivity contribution in [3.63, 3.8) is 0 Å². The van der Waals surface area contributed by atoms with Crippen LogP contribution in [0.3, 0.4) is 0 Å². The lowest BCUT2D eigenvalue weighted by molar-refractivity contribution is -0.197. The van der Waals surface area contributed by atoms with E-state index in [0.717, 1.165) is 63.3 Å². The van der Waals surface area contributed by atoms with Crippen LogP contribution in [-0.4, -0.2) is 122 Å². The summed E-state index contributed by atoms with van der Waals surface area (Å²) in [6, 6.07) is 50.4. The van der Waals surface area contributed by atoms with Crippen molar-refractivity contribution >= 4 is 81.6 Å². The molecule has 6 aromatic carbocycles. The molecule has 6 amide bonds. The summed E-state index contributed by atoms with van der Waals surface area (Å²) in [6.07, 6.45) is 3.01. The molecule has 115 heavy (non-hydrogen) atoms. The molecule has 0 radical (unpaired) electrons. The monoisotopic (exact) mass is 1580 g/mol. The first-order chi connectivity index (χ1) is 55.7. The van der Waals surface area contributed by atoms with Crippen molar-refractivity contribution in [2.24, 2.45) is 5.73 Å². The predicted octanol–water partition coefficient (Wildman–Crippen LogP) is 10.2. The molecular formula is C90H75Cl2N5O18. The van der Waals surface area contributed by atoms with Gasteiger partial charge in [0.2, 0.25) is 0 Å². The summed E-state index contributed by atoms with van der Waals surface area (Å²) in [4.78, 5) is 112. The van der Waals surface area contributed by atoms with E-state index >= 15 is 0 Å². The average molecular weight is 1590 g/mol. The summed E-state index contributed by atoms with van der Waals surface area (Å²) in [5.41, 5.74) is 12.5. The van der Waals surface area contributed by atoms with Crippen molar-refractivity contribution < 1.29 is 87.5 Å². The number of hydrogen-bond acceptors (Lipinski definition) is 17. The van der Waals surface area contributed by atoms with Gasteiger partial charge in [0.1, 0.15) is 13.2 Å². The highest BCUT2D eigenvalue weighted by Gasteiger charge is 2.32. The first-order valence-corrected chi connectivity index (χ1v) is 35.6. The number of halogens is 2. The molecule has 3 aliphatic rings. The predicted molar refractivity (Wildman–Crippen MR) is 428 cm³/mol. The number of rotatable bonds is 17. The Balaban J connectivity index is 0.000000395. The van der Waals surface area contributed by atoms with Crippen LogP contribution in [0.4, 0.5) is 14.4 Å². The Labute approximate surface area is 677 Å². The van der Waals surface area contributed by atoms with Crippen LogP contribution < -0.4 is 16.4 Å². The maximum atomic E-state index is 11.8. The van der Waals surface area contributed by atoms with Gasteiger partial charge in [-0.2, -0.15) is 5.06 Å². The number of carbonyl (C=O) groups is 10. The molecule has 0 spiro atoms. The number of aliphatic hydroxyl groups is 1. The van der Waals surface area contributed by atoms with Crippen LogP contribution >= 0.6 is 23.2 Å². The van der Waals surface area contributed by atoms with Crippen LogP contribution in [0.25, 0.3) is 0 Å². The number of hydroxylamine groups is 4. The number of carbonyl (C=O) groups excluding carboxylic acids is 8. The number of aliphatic carboxylic acids is 2. The molecule has 0 aliphatic carbocycles. The summed E-state index contributed by atoms with van der Waals surface area (Å²) in [7, 11) is 0. The second-order valence-corrected chi connectivity index (χ2v) is 23.3. The number of ether oxygens (including phenoxy) is 3. The Morgan fingerprint density at radius 2 is 0.696 bits per heavy atom. The summed E-state index contributed by atoms with van der Waals surface area (Å²) in [6.45, 7) is 3.08. The van der Waals surface area contributed by atoms with Crippen LogP contribution in [0.1, 0.15) is 127 Å². The van der Waals surface area contributed by atoms with E-state index in [9.17, 15) is 43.2 Å². The molecule has 23 nitrogen and oxygen atoms in total. The molecule has 9 rings (SSSR count). The van der Waals surface area contributed by atoms with E-state index in [1.807, 2.05) is 115 Å². The zero-order valence-electron chi connectivity index (χ0n) is 62.0. The molecule has 6 aromatic rings. The molecule has 0 atom stereocenters. The van der Waals surface area contributed by atoms with Crippen molar-refractivity contribution in [3.8, 4) is 142 Å². The summed E-state index contributed by atoms with van der Waals surface area (Å²) in [5, 5.41) is 39.5. The fourth-order valence-electron chi connectivity index (χ4n) is 8.01. The number of nitrogens with zero attached hydrogens (tertiary/aromatic N) is 2. The smallest absolute Gasteiger partial charge is 0.407 e. The average Bonchev–Trinajstić information content (AvgIpc) is 1.73. The van der Waals surface area contributed by atoms with Gasteiger partial charge in [-0.15, -0.1) is 5.06 Å². The van der Waals surface area contributed by atoms with Gasteiger partial charge in [0.15, 0.2) is 0 Å². The number of nitrogens with one attached hydrogen (secondary N) is 2. The number of alkyl carbamates (subject to hydrolysis) is 2. The third kappa shape index (κ3) is 49.9. The number of amides is 6. The van der Waals surface area contributed by atoms with E-state index in [1.165, 1.54) is 12.8 Å². The van der Waals surface area contributed by atoms with E-state index in [0.29, 0.717) is 24.4 Å². The number of imide groups is 2. The Morgan fingerprint density at radius 1 is 0.409 bits per heavy atom. The molecule has 0 aromatic heterocycles. The second-order valence-electron chi connectivity index (χ2n) is 22.4. The topological polar surface area (TPSA) is 345 Å². The maximum absolute atomic E-state index is 11.8. The van der Waals surface area contributed by atoms with Gasteiger partial charge in [0, 0.05) is 105 Å². The summed E-state index contributed by atoms with van der Waals surface area (Å²) >= 11 is 8.80. The minimum Gasteiger partial charge on any atom is -0.481 e. The maximum Gasteiger partial charge on any atom is 0.407 e. The van der Waals surface area contributed by atoms with Crippen molar-refractivity contribution in [3.05, 3.63) is 214 Å². The number of nitrogens with two attached hydrogens (primary N) is 1. The van der Waals surface area contributed by atoms with Crippen molar-refractivity contribution in [2.45, 2.75) is 96.9 Å². The third-order valence-corrected chi connectivity index (χ3v) is 13.6. The van der Waals surface area contributed by atoms with Crippen LogP contribution in [0.2, 0.25) is 0 Å². The minimum absolute atomic E-state index is 0.00207. The molecule has 25 heteroatoms. The van der Waals surface area contributed by atoms with Gasteiger partial charge in [-0.1, -0.05) is 127 Å². The Morgan fingerprint density at radius 3 is 0.965 bits per heavy atom. The standard InChI is InChI=1S/C30H22N2O6.C26H19NO4.C21H12O.C4H5NO3.C4H9NO2.C4H8O.CCl2O/c33-27-20-21-28(34)32(27)38-29(35)15-10-22-31-30(36)37-23-26-18-16-25(17-19-26)14-7-4-2-1-3-6-11-24-12-8-5-9-13-24;28-25(29)15-10-20-27-26(30)31-21-24-18-16-23(17-19-24)14-7-4-2-1-3-6-11-22-12-8-5-9-13-22;22-18-21-16-14-20(15-17-21)13-7-4-2-1-3-6-10-19-11-8-5-9-12-19;6-3-1-2-4(7)5(3)8;5-3-1-2-4(6)7;1-2-4-5-3-1;2-1(3)4/h5,8-9,12-13,16-19H,10,15,20-23H2,(H,31,36);5,8-9,12-13,16-19H,10,15,20-21H2,(H,27,30)(H,28,29);5,8-9,11-12,14-17,22H,18H2;8H,1-2H2;1-3,5H2,(H,6,7);1-4H2;. The highest BCUT2D eigenvalue weighted by atomic mass is 35.5. The van der Waals surface area contributed by atoms with Crippen LogP contribution in [0.15, 0.2) is 164 Å². The first kappa shape index (κ1) is 94.6. The highest BCUT2D eigenvalue weighted by molar-refractivity contribution is 6.93. The number of benzene rings is 6. The lowest BCUT2D eigenvalue weighted by Gasteiger charge is -2.12. The van der Waals surface area contributed by atoms with Crippen molar-refractivity contribution in [2.75, 3.05) is 32.8 Å². The van der Waals surface area contributed by atoms with E-state index < -0.39 is 58.4 Å². The number of carboxylic acid groups (broad SMARTS) is 2. The summed E-state index contributed by atoms with van der Waals surface area (Å²) < 4.78 is 14.3. The van der Waals surface area contributed by atoms with Gasteiger partial charge in [0.05, 0.1) is 6.61 Å². The molecule has 3 fully saturated rings. The third-order valence-electron chi connectivity index (χ3n) is 13.6. The number of carboxylic acids is 2. The molecule has 0 bridgehead atoms. The van der Waals surface area contributed by atoms with Gasteiger partial charge in [-0.25, -0.2) is 14.4 Å². The molecule has 3 aliphatic heterocycles. The fourth-order valence-corrected chi connectivity index (χ4v) is 8.01. The van der Waals surface area contributed by atoms with Gasteiger partial charge in [-0.3, -0.25) is 38.8 Å². The minimum atomic E-state index is -0.898. The SMILES string of the molecule is C1CCOC1.NCCCC(=O)O.O=C(CCCNC(=O)OCc1ccc(C#CC#CC#CC#Cc2ccccc2)cc1)ON1C(=O)CCC1=O.O=C(Cl)Cl.O=C(O)CCCNC(=O)OCc1ccc(C#CC#CC#CC#Cc2ccccc2)cc1.O=C1CCC(=O)N1O.OCc1ccc(C#CC#CC#CC#Cc2ccccc2)cc1. The lowest BCUT2D eigenvalue weighted by Crippen LogP contribution is -2.32. The number of aliphatic hydroxyl groups excluding tert-OH is 1.